The van der Waals surface area contributed by atoms with Gasteiger partial charge in [-0.15, -0.1) is 0 Å². The second-order valence-corrected chi connectivity index (χ2v) is 4.14. The Morgan fingerprint density at radius 1 is 1.00 bits per heavy atom. The summed E-state index contributed by atoms with van der Waals surface area (Å²) < 4.78 is 17.7. The summed E-state index contributed by atoms with van der Waals surface area (Å²) in [7, 11) is 0. The summed E-state index contributed by atoms with van der Waals surface area (Å²) in [5.41, 5.74) is 0.770. The highest BCUT2D eigenvalue weighted by Gasteiger charge is 2.04. The van der Waals surface area contributed by atoms with Crippen LogP contribution in [0.3, 0.4) is 0 Å². The highest BCUT2D eigenvalue weighted by atomic mass is 19.1. The fourth-order valence-electron chi connectivity index (χ4n) is 1.55. The van der Waals surface area contributed by atoms with E-state index in [1.54, 1.807) is 0 Å². The molecule has 2 rings (SSSR count). The topological polar surface area (TPSA) is 63.6 Å². The highest BCUT2D eigenvalue weighted by Crippen LogP contribution is 2.13. The number of rotatable bonds is 4. The number of esters is 1. The summed E-state index contributed by atoms with van der Waals surface area (Å²) >= 11 is 0. The Morgan fingerprint density at radius 3 is 2.19 bits per heavy atom. The number of aromatic carboxylic acids is 1. The lowest BCUT2D eigenvalue weighted by Gasteiger charge is -2.01. The van der Waals surface area contributed by atoms with E-state index in [0.717, 1.165) is 0 Å². The van der Waals surface area contributed by atoms with Gasteiger partial charge in [-0.25, -0.2) is 14.0 Å². The number of carbonyl (C=O) groups is 2. The quantitative estimate of drug-likeness (QED) is 0.533. The van der Waals surface area contributed by atoms with Crippen molar-refractivity contribution in [3.63, 3.8) is 0 Å². The molecule has 2 aromatic carbocycles. The molecule has 106 valence electrons. The van der Waals surface area contributed by atoms with Gasteiger partial charge in [0, 0.05) is 6.08 Å². The molecule has 0 amide bonds. The molecule has 0 aromatic heterocycles. The summed E-state index contributed by atoms with van der Waals surface area (Å²) in [4.78, 5) is 22.2. The zero-order valence-corrected chi connectivity index (χ0v) is 10.8. The van der Waals surface area contributed by atoms with E-state index in [2.05, 4.69) is 0 Å². The van der Waals surface area contributed by atoms with E-state index < -0.39 is 11.9 Å². The maximum absolute atomic E-state index is 12.7. The van der Waals surface area contributed by atoms with Crippen molar-refractivity contribution in [3.05, 3.63) is 71.6 Å². The van der Waals surface area contributed by atoms with Crippen LogP contribution in [0.1, 0.15) is 15.9 Å². The fourth-order valence-corrected chi connectivity index (χ4v) is 1.55. The Labute approximate surface area is 120 Å². The Morgan fingerprint density at radius 2 is 1.62 bits per heavy atom. The van der Waals surface area contributed by atoms with E-state index in [4.69, 9.17) is 9.84 Å². The number of hydrogen-bond acceptors (Lipinski definition) is 3. The summed E-state index contributed by atoms with van der Waals surface area (Å²) in [5, 5.41) is 8.74. The Kier molecular flexibility index (Phi) is 4.46. The van der Waals surface area contributed by atoms with E-state index >= 15 is 0 Å². The van der Waals surface area contributed by atoms with Crippen LogP contribution in [0.5, 0.6) is 5.75 Å². The van der Waals surface area contributed by atoms with Crippen LogP contribution in [-0.2, 0) is 4.79 Å². The largest absolute Gasteiger partial charge is 0.478 e. The second kappa shape index (κ2) is 6.47. The lowest BCUT2D eigenvalue weighted by molar-refractivity contribution is -0.128. The van der Waals surface area contributed by atoms with Crippen LogP contribution in [0.2, 0.25) is 0 Å². The van der Waals surface area contributed by atoms with Gasteiger partial charge < -0.3 is 9.84 Å². The Bertz CT molecular complexity index is 672. The van der Waals surface area contributed by atoms with E-state index in [1.165, 1.54) is 60.7 Å². The van der Waals surface area contributed by atoms with Gasteiger partial charge >= 0.3 is 11.9 Å². The predicted molar refractivity (Wildman–Crippen MR) is 74.5 cm³/mol. The highest BCUT2D eigenvalue weighted by molar-refractivity contribution is 5.89. The standard InChI is InChI=1S/C16H11FO4/c17-13-6-1-11(2-7-13)3-10-15(18)21-14-8-4-12(5-9-14)16(19)20/h1-10H,(H,19,20)/b10-3+. The Hall–Kier alpha value is -2.95. The summed E-state index contributed by atoms with van der Waals surface area (Å²) in [5.74, 6) is -1.77. The average molecular weight is 286 g/mol. The molecule has 0 atom stereocenters. The van der Waals surface area contributed by atoms with Crippen LogP contribution < -0.4 is 4.74 Å². The average Bonchev–Trinajstić information content (AvgIpc) is 2.47. The van der Waals surface area contributed by atoms with Crippen LogP contribution in [0.4, 0.5) is 4.39 Å². The van der Waals surface area contributed by atoms with Crippen molar-refractivity contribution in [2.75, 3.05) is 0 Å². The predicted octanol–water partition coefficient (Wildman–Crippen LogP) is 3.14. The normalized spacial score (nSPS) is 10.5. The first-order valence-electron chi connectivity index (χ1n) is 6.03. The van der Waals surface area contributed by atoms with Gasteiger partial charge in [-0.3, -0.25) is 0 Å². The van der Waals surface area contributed by atoms with Gasteiger partial charge in [0.15, 0.2) is 0 Å². The molecule has 0 bridgehead atoms. The molecule has 21 heavy (non-hydrogen) atoms. The SMILES string of the molecule is O=C(/C=C/c1ccc(F)cc1)Oc1ccc(C(=O)O)cc1. The molecule has 0 aliphatic heterocycles. The van der Waals surface area contributed by atoms with Crippen LogP contribution in [0.25, 0.3) is 6.08 Å². The molecule has 0 unspecified atom stereocenters. The van der Waals surface area contributed by atoms with Gasteiger partial charge in [0.25, 0.3) is 0 Å². The van der Waals surface area contributed by atoms with E-state index in [-0.39, 0.29) is 17.1 Å². The first-order valence-corrected chi connectivity index (χ1v) is 6.03. The van der Waals surface area contributed by atoms with Crippen molar-refractivity contribution >= 4 is 18.0 Å². The zero-order chi connectivity index (χ0) is 15.2. The molecule has 0 fully saturated rings. The molecule has 0 spiro atoms. The smallest absolute Gasteiger partial charge is 0.336 e. The molecule has 0 saturated carbocycles. The fraction of sp³-hybridized carbons (Fsp3) is 0. The second-order valence-electron chi connectivity index (χ2n) is 4.14. The van der Waals surface area contributed by atoms with Crippen molar-refractivity contribution < 1.29 is 23.8 Å². The maximum atomic E-state index is 12.7. The number of carboxylic acid groups (broad SMARTS) is 1. The molecule has 5 heteroatoms. The molecular formula is C16H11FO4. The van der Waals surface area contributed by atoms with E-state index in [9.17, 15) is 14.0 Å². The van der Waals surface area contributed by atoms with E-state index in [1.807, 2.05) is 0 Å². The number of carbonyl (C=O) groups excluding carboxylic acids is 1. The molecule has 0 saturated heterocycles. The molecule has 4 nitrogen and oxygen atoms in total. The van der Waals surface area contributed by atoms with Crippen molar-refractivity contribution in [3.8, 4) is 5.75 Å². The summed E-state index contributed by atoms with van der Waals surface area (Å²) in [6.45, 7) is 0. The minimum absolute atomic E-state index is 0.108. The summed E-state index contributed by atoms with van der Waals surface area (Å²) in [6, 6.07) is 11.1. The molecule has 0 aliphatic rings. The van der Waals surface area contributed by atoms with Gasteiger partial charge in [0.1, 0.15) is 11.6 Å². The lowest BCUT2D eigenvalue weighted by atomic mass is 10.2. The molecular weight excluding hydrogens is 275 g/mol. The number of benzene rings is 2. The summed E-state index contributed by atoms with van der Waals surface area (Å²) in [6.07, 6.45) is 2.70. The molecule has 0 heterocycles. The first-order chi connectivity index (χ1) is 10.0. The molecule has 0 aliphatic carbocycles. The van der Waals surface area contributed by atoms with E-state index in [0.29, 0.717) is 5.56 Å². The van der Waals surface area contributed by atoms with Gasteiger partial charge in [-0.1, -0.05) is 12.1 Å². The maximum Gasteiger partial charge on any atom is 0.336 e. The van der Waals surface area contributed by atoms with Crippen molar-refractivity contribution in [2.45, 2.75) is 0 Å². The molecule has 0 radical (unpaired) electrons. The van der Waals surface area contributed by atoms with Gasteiger partial charge in [0.05, 0.1) is 5.56 Å². The Balaban J connectivity index is 1.98. The first kappa shape index (κ1) is 14.5. The third-order valence-electron chi connectivity index (χ3n) is 2.60. The third kappa shape index (κ3) is 4.28. The van der Waals surface area contributed by atoms with Crippen molar-refractivity contribution in [1.82, 2.24) is 0 Å². The van der Waals surface area contributed by atoms with Gasteiger partial charge in [-0.2, -0.15) is 0 Å². The molecule has 2 aromatic rings. The van der Waals surface area contributed by atoms with Gasteiger partial charge in [-0.05, 0) is 48.0 Å². The zero-order valence-electron chi connectivity index (χ0n) is 10.8. The number of hydrogen-bond donors (Lipinski definition) is 1. The van der Waals surface area contributed by atoms with Crippen LogP contribution in [0.15, 0.2) is 54.6 Å². The third-order valence-corrected chi connectivity index (χ3v) is 2.60. The molecule has 1 N–H and O–H groups in total. The lowest BCUT2D eigenvalue weighted by Crippen LogP contribution is -2.04. The number of halogens is 1. The number of carboxylic acids is 1. The van der Waals surface area contributed by atoms with Crippen molar-refractivity contribution in [1.29, 1.82) is 0 Å². The van der Waals surface area contributed by atoms with Crippen LogP contribution >= 0.6 is 0 Å². The van der Waals surface area contributed by atoms with Crippen LogP contribution in [0, 0.1) is 5.82 Å². The number of ether oxygens (including phenoxy) is 1. The minimum Gasteiger partial charge on any atom is -0.478 e. The van der Waals surface area contributed by atoms with Crippen LogP contribution in [-0.4, -0.2) is 17.0 Å². The monoisotopic (exact) mass is 286 g/mol. The minimum atomic E-state index is -1.05. The van der Waals surface area contributed by atoms with Gasteiger partial charge in [0.2, 0.25) is 0 Å². The van der Waals surface area contributed by atoms with Crippen molar-refractivity contribution in [2.24, 2.45) is 0 Å².